The third-order valence-electron chi connectivity index (χ3n) is 0. The summed E-state index contributed by atoms with van der Waals surface area (Å²) in [5.74, 6) is 0. The molecule has 0 fully saturated rings. The fourth-order valence-electron chi connectivity index (χ4n) is 0. The summed E-state index contributed by atoms with van der Waals surface area (Å²) in [5.41, 5.74) is 0. The van der Waals surface area contributed by atoms with Crippen molar-refractivity contribution in [1.82, 2.24) is 0 Å². The van der Waals surface area contributed by atoms with E-state index in [0.29, 0.717) is 0 Å². The van der Waals surface area contributed by atoms with Crippen LogP contribution in [0.2, 0.25) is 0 Å². The first-order chi connectivity index (χ1) is 1.41. The minimum Gasteiger partial charge on any atom is -1.00 e. The average Bonchev–Trinajstić information content (AvgIpc) is 0.918. The molecule has 0 radical (unpaired) electrons. The van der Waals surface area contributed by atoms with Gasteiger partial charge in [0.25, 0.3) is 6.47 Å². The van der Waals surface area contributed by atoms with Crippen molar-refractivity contribution in [3.63, 3.8) is 0 Å². The van der Waals surface area contributed by atoms with Crippen molar-refractivity contribution in [2.45, 2.75) is 0 Å². The van der Waals surface area contributed by atoms with Crippen LogP contribution in [0.1, 0.15) is 2.85 Å². The van der Waals surface area contributed by atoms with Gasteiger partial charge in [0, 0.05) is 0 Å². The minimum atomic E-state index is -0.250. The van der Waals surface area contributed by atoms with E-state index in [-0.39, 0.29) is 73.9 Å². The second-order valence-electron chi connectivity index (χ2n) is 0.105. The zero-order valence-electron chi connectivity index (χ0n) is 5.93. The summed E-state index contributed by atoms with van der Waals surface area (Å²) in [7, 11) is 0. The molecule has 0 atom stereocenters. The van der Waals surface area contributed by atoms with E-state index in [4.69, 9.17) is 9.90 Å². The van der Waals surface area contributed by atoms with Crippen LogP contribution in [0.4, 0.5) is 0 Å². The van der Waals surface area contributed by atoms with E-state index < -0.39 is 0 Å². The number of hydrogen-bond acceptors (Lipinski definition) is 1. The van der Waals surface area contributed by atoms with Crippen molar-refractivity contribution in [2.75, 3.05) is 0 Å². The Labute approximate surface area is 83.0 Å². The molecule has 3 nitrogen and oxygen atoms in total. The zero-order chi connectivity index (χ0) is 2.71. The van der Waals surface area contributed by atoms with Crippen molar-refractivity contribution < 1.29 is 77.3 Å². The number of carboxylic acid groups (broad SMARTS) is 1. The van der Waals surface area contributed by atoms with Crippen LogP contribution in [0.15, 0.2) is 0 Å². The van der Waals surface area contributed by atoms with Crippen LogP contribution < -0.4 is 59.1 Å². The normalized spacial score (nSPS) is 2.00. The van der Waals surface area contributed by atoms with E-state index in [1.54, 1.807) is 0 Å². The molecule has 0 aliphatic heterocycles. The molecule has 0 aromatic rings. The third kappa shape index (κ3) is 52.1. The monoisotopic (exact) mass is 112 g/mol. The largest absolute Gasteiger partial charge is 1.00 e. The summed E-state index contributed by atoms with van der Waals surface area (Å²) in [6.45, 7) is -0.250. The van der Waals surface area contributed by atoms with E-state index in [1.165, 1.54) is 0 Å². The molecule has 6 heavy (non-hydrogen) atoms. The van der Waals surface area contributed by atoms with Gasteiger partial charge in [-0.3, -0.25) is 4.79 Å². The van der Waals surface area contributed by atoms with Gasteiger partial charge in [0.2, 0.25) is 0 Å². The van der Waals surface area contributed by atoms with Crippen LogP contribution in [0.5, 0.6) is 0 Å². The molecule has 0 saturated carbocycles. The predicted molar refractivity (Wildman–Crippen MR) is 14.5 cm³/mol. The topological polar surface area (TPSA) is 68.8 Å². The molecule has 0 aromatic heterocycles. The summed E-state index contributed by atoms with van der Waals surface area (Å²) in [6.07, 6.45) is 0. The van der Waals surface area contributed by atoms with Crippen LogP contribution in [-0.2, 0) is 4.79 Å². The molecule has 0 unspecified atom stereocenters. The van der Waals surface area contributed by atoms with E-state index >= 15 is 0 Å². The number of carbonyl (C=O) groups is 1. The van der Waals surface area contributed by atoms with E-state index in [0.717, 1.165) is 0 Å². The molecule has 3 N–H and O–H groups in total. The Bertz CT molecular complexity index is 22.8. The summed E-state index contributed by atoms with van der Waals surface area (Å²) < 4.78 is 0. The van der Waals surface area contributed by atoms with Crippen LogP contribution in [0.25, 0.3) is 0 Å². The molecule has 0 bridgehead atoms. The van der Waals surface area contributed by atoms with Crippen molar-refractivity contribution in [2.24, 2.45) is 0 Å². The van der Waals surface area contributed by atoms with Gasteiger partial charge in [-0.05, 0) is 0 Å². The second-order valence-corrected chi connectivity index (χ2v) is 0.105. The molecule has 0 heterocycles. The zero-order valence-corrected chi connectivity index (χ0v) is 7.93. The molecule has 0 aromatic carbocycles. The minimum absolute atomic E-state index is 0. The van der Waals surface area contributed by atoms with Crippen molar-refractivity contribution in [1.29, 1.82) is 0 Å². The fourth-order valence-corrected chi connectivity index (χ4v) is 0. The maximum atomic E-state index is 8.36. The Morgan fingerprint density at radius 1 is 1.50 bits per heavy atom. The first kappa shape index (κ1) is 26.1. The van der Waals surface area contributed by atoms with Gasteiger partial charge in [0.05, 0.1) is 0 Å². The molecule has 5 heteroatoms. The summed E-state index contributed by atoms with van der Waals surface area (Å²) >= 11 is 0. The molecule has 0 amide bonds. The fraction of sp³-hybridized carbons (Fsp3) is 0. The second kappa shape index (κ2) is 32.1. The van der Waals surface area contributed by atoms with Gasteiger partial charge in [0.1, 0.15) is 0 Å². The Hall–Kier alpha value is 1.43. The molecule has 0 saturated heterocycles. The van der Waals surface area contributed by atoms with Gasteiger partial charge in [-0.1, -0.05) is 0 Å². The van der Waals surface area contributed by atoms with E-state index in [9.17, 15) is 0 Å². The van der Waals surface area contributed by atoms with Gasteiger partial charge in [0.15, 0.2) is 0 Å². The molecule has 0 aliphatic carbocycles. The number of hydrogen-bond donors (Lipinski definition) is 1. The van der Waals surface area contributed by atoms with Gasteiger partial charge in [-0.15, -0.1) is 0 Å². The summed E-state index contributed by atoms with van der Waals surface area (Å²) in [4.78, 5) is 8.36. The van der Waals surface area contributed by atoms with Crippen LogP contribution in [0.3, 0.4) is 0 Å². The maximum Gasteiger partial charge on any atom is 1.00 e. The maximum absolute atomic E-state index is 8.36. The van der Waals surface area contributed by atoms with Crippen molar-refractivity contribution in [3.8, 4) is 0 Å². The molecule has 30 valence electrons. The summed E-state index contributed by atoms with van der Waals surface area (Å²) in [5, 5.41) is 6.89. The quantitative estimate of drug-likeness (QED) is 0.250. The Morgan fingerprint density at radius 3 is 1.50 bits per heavy atom. The predicted octanol–water partition coefficient (Wildman–Crippen LogP) is -6.89. The van der Waals surface area contributed by atoms with Gasteiger partial charge in [-0.25, -0.2) is 0 Å². The SMILES string of the molecule is O.O=CO.[H-].[H-].[Na+].[Na+]. The Balaban J connectivity index is -0.00000000200. The van der Waals surface area contributed by atoms with Crippen LogP contribution >= 0.6 is 0 Å². The van der Waals surface area contributed by atoms with Gasteiger partial charge in [-0.2, -0.15) is 0 Å². The first-order valence-electron chi connectivity index (χ1n) is 0.494. The van der Waals surface area contributed by atoms with Crippen LogP contribution in [0, 0.1) is 0 Å². The van der Waals surface area contributed by atoms with Crippen LogP contribution in [-0.4, -0.2) is 17.1 Å². The van der Waals surface area contributed by atoms with E-state index in [2.05, 4.69) is 0 Å². The first-order valence-corrected chi connectivity index (χ1v) is 0.494. The van der Waals surface area contributed by atoms with Crippen molar-refractivity contribution >= 4 is 6.47 Å². The molecule has 0 rings (SSSR count). The Kier molecular flexibility index (Phi) is 140. The van der Waals surface area contributed by atoms with Gasteiger partial charge >= 0.3 is 59.1 Å². The standard InChI is InChI=1S/CH2O2.2Na.H2O.2H/c2-1-3;;;;;/h1H,(H,2,3);;;1H2;;/q;2*+1;;2*-1. The average molecular weight is 112 g/mol. The smallest absolute Gasteiger partial charge is 1.00 e. The van der Waals surface area contributed by atoms with Gasteiger partial charge < -0.3 is 13.4 Å². The molecular formula is CH6Na2O3. The summed E-state index contributed by atoms with van der Waals surface area (Å²) in [6, 6.07) is 0. The number of rotatable bonds is 0. The molecular weight excluding hydrogens is 106 g/mol. The Morgan fingerprint density at radius 2 is 1.50 bits per heavy atom. The molecule has 0 spiro atoms. The molecule has 0 aliphatic rings. The van der Waals surface area contributed by atoms with E-state index in [1.807, 2.05) is 0 Å². The van der Waals surface area contributed by atoms with Crippen molar-refractivity contribution in [3.05, 3.63) is 0 Å². The third-order valence-corrected chi connectivity index (χ3v) is 0.